The van der Waals surface area contributed by atoms with Gasteiger partial charge in [-0.05, 0) is 18.9 Å². The van der Waals surface area contributed by atoms with Crippen LogP contribution in [0.5, 0.6) is 0 Å². The Morgan fingerprint density at radius 2 is 1.33 bits per heavy atom. The molecule has 0 aliphatic rings. The molecular formula is C12H15F5O3Si. The number of aliphatic hydroxyl groups is 2. The third-order valence-corrected chi connectivity index (χ3v) is 4.21. The lowest BCUT2D eigenvalue weighted by Crippen LogP contribution is -2.13. The first-order chi connectivity index (χ1) is 9.86. The minimum Gasteiger partial charge on any atom is -0.379 e. The second kappa shape index (κ2) is 8.42. The minimum absolute atomic E-state index is 0.253. The standard InChI is InChI=1S/C12H15F5O3Si/c13-7-6(8(14)10(16)11(17)9(7)15)4-2-1-3-5-21-20-12(18)19/h12,18-19H,1-5,21H2. The molecule has 0 aliphatic heterocycles. The average molecular weight is 330 g/mol. The number of hydrogen-bond acceptors (Lipinski definition) is 3. The Bertz CT molecular complexity index is 455. The molecule has 0 aliphatic carbocycles. The SMILES string of the molecule is OC(O)O[SiH2]CCCCCc1c(F)c(F)c(F)c(F)c1F. The van der Waals surface area contributed by atoms with Crippen molar-refractivity contribution in [2.24, 2.45) is 0 Å². The second-order valence-electron chi connectivity index (χ2n) is 4.41. The molecule has 0 saturated heterocycles. The van der Waals surface area contributed by atoms with Crippen LogP contribution in [0.25, 0.3) is 0 Å². The molecule has 1 aromatic rings. The fraction of sp³-hybridized carbons (Fsp3) is 0.500. The number of hydrogen-bond donors (Lipinski definition) is 2. The summed E-state index contributed by atoms with van der Waals surface area (Å²) in [4.78, 5) is 0. The predicted octanol–water partition coefficient (Wildman–Crippen LogP) is 1.88. The van der Waals surface area contributed by atoms with E-state index in [1.807, 2.05) is 0 Å². The van der Waals surface area contributed by atoms with Gasteiger partial charge in [-0.1, -0.05) is 12.8 Å². The summed E-state index contributed by atoms with van der Waals surface area (Å²) in [6.07, 6.45) is 1.14. The Balaban J connectivity index is 2.46. The molecule has 1 rings (SSSR count). The van der Waals surface area contributed by atoms with Gasteiger partial charge in [-0.2, -0.15) is 0 Å². The summed E-state index contributed by atoms with van der Waals surface area (Å²) < 4.78 is 69.9. The fourth-order valence-electron chi connectivity index (χ4n) is 1.82. The van der Waals surface area contributed by atoms with E-state index in [1.54, 1.807) is 0 Å². The first kappa shape index (κ1) is 18.0. The van der Waals surface area contributed by atoms with Gasteiger partial charge in [-0.3, -0.25) is 0 Å². The Morgan fingerprint density at radius 3 is 1.86 bits per heavy atom. The molecule has 0 saturated carbocycles. The van der Waals surface area contributed by atoms with E-state index in [9.17, 15) is 22.0 Å². The molecule has 0 atom stereocenters. The number of halogens is 5. The number of rotatable bonds is 8. The highest BCUT2D eigenvalue weighted by Crippen LogP contribution is 2.24. The van der Waals surface area contributed by atoms with Crippen LogP contribution in [-0.4, -0.2) is 26.5 Å². The van der Waals surface area contributed by atoms with E-state index in [2.05, 4.69) is 4.43 Å². The van der Waals surface area contributed by atoms with E-state index in [1.165, 1.54) is 0 Å². The summed E-state index contributed by atoms with van der Waals surface area (Å²) in [7, 11) is -1.08. The Labute approximate surface area is 120 Å². The summed E-state index contributed by atoms with van der Waals surface area (Å²) in [6.45, 7) is -1.79. The van der Waals surface area contributed by atoms with Crippen LogP contribution in [0.4, 0.5) is 22.0 Å². The van der Waals surface area contributed by atoms with E-state index < -0.39 is 50.9 Å². The molecule has 9 heteroatoms. The molecule has 0 heterocycles. The summed E-state index contributed by atoms with van der Waals surface area (Å²) in [5, 5.41) is 16.8. The van der Waals surface area contributed by atoms with E-state index >= 15 is 0 Å². The Kier molecular flexibility index (Phi) is 7.22. The van der Waals surface area contributed by atoms with Crippen LogP contribution >= 0.6 is 0 Å². The van der Waals surface area contributed by atoms with Crippen LogP contribution in [-0.2, 0) is 10.8 Å². The van der Waals surface area contributed by atoms with Crippen LogP contribution < -0.4 is 0 Å². The molecule has 0 spiro atoms. The molecule has 0 bridgehead atoms. The normalized spacial score (nSPS) is 12.0. The van der Waals surface area contributed by atoms with E-state index in [-0.39, 0.29) is 12.8 Å². The zero-order valence-corrected chi connectivity index (χ0v) is 12.4. The highest BCUT2D eigenvalue weighted by atomic mass is 28.2. The summed E-state index contributed by atoms with van der Waals surface area (Å²) in [5.41, 5.74) is -0.800. The van der Waals surface area contributed by atoms with Gasteiger partial charge in [-0.25, -0.2) is 22.0 Å². The first-order valence-electron chi connectivity index (χ1n) is 6.34. The van der Waals surface area contributed by atoms with Crippen molar-refractivity contribution in [1.82, 2.24) is 0 Å². The van der Waals surface area contributed by atoms with Gasteiger partial charge < -0.3 is 14.6 Å². The topological polar surface area (TPSA) is 49.7 Å². The van der Waals surface area contributed by atoms with Crippen molar-refractivity contribution in [2.75, 3.05) is 0 Å². The lowest BCUT2D eigenvalue weighted by atomic mass is 10.1. The zero-order chi connectivity index (χ0) is 16.0. The van der Waals surface area contributed by atoms with Crippen LogP contribution in [0.1, 0.15) is 24.8 Å². The number of unbranched alkanes of at least 4 members (excludes halogenated alkanes) is 2. The first-order valence-corrected chi connectivity index (χ1v) is 7.92. The van der Waals surface area contributed by atoms with E-state index in [4.69, 9.17) is 10.2 Å². The summed E-state index contributed by atoms with van der Waals surface area (Å²) in [5.74, 6) is -9.58. The number of aliphatic hydroxyl groups excluding tert-OH is 1. The maximum atomic E-state index is 13.3. The van der Waals surface area contributed by atoms with Crippen molar-refractivity contribution in [1.29, 1.82) is 0 Å². The lowest BCUT2D eigenvalue weighted by Gasteiger charge is -2.08. The van der Waals surface area contributed by atoms with Crippen molar-refractivity contribution in [3.63, 3.8) is 0 Å². The van der Waals surface area contributed by atoms with Gasteiger partial charge in [0.1, 0.15) is 0 Å². The minimum atomic E-state index is -2.15. The third kappa shape index (κ3) is 5.02. The molecule has 2 N–H and O–H groups in total. The van der Waals surface area contributed by atoms with Gasteiger partial charge in [0, 0.05) is 5.56 Å². The van der Waals surface area contributed by atoms with Gasteiger partial charge in [0.2, 0.25) is 5.82 Å². The molecule has 0 amide bonds. The summed E-state index contributed by atoms with van der Waals surface area (Å²) >= 11 is 0. The lowest BCUT2D eigenvalue weighted by molar-refractivity contribution is -0.180. The predicted molar refractivity (Wildman–Crippen MR) is 66.4 cm³/mol. The molecule has 0 fully saturated rings. The Morgan fingerprint density at radius 1 is 0.810 bits per heavy atom. The Hall–Kier alpha value is -1.03. The highest BCUT2D eigenvalue weighted by molar-refractivity contribution is 6.26. The zero-order valence-electron chi connectivity index (χ0n) is 11.0. The van der Waals surface area contributed by atoms with E-state index in [0.717, 1.165) is 0 Å². The van der Waals surface area contributed by atoms with Crippen LogP contribution in [0.15, 0.2) is 0 Å². The smallest absolute Gasteiger partial charge is 0.256 e. The molecule has 120 valence electrons. The second-order valence-corrected chi connectivity index (χ2v) is 5.86. The van der Waals surface area contributed by atoms with Crippen molar-refractivity contribution in [3.8, 4) is 0 Å². The maximum Gasteiger partial charge on any atom is 0.256 e. The fourth-order valence-corrected chi connectivity index (χ4v) is 2.75. The molecule has 0 unspecified atom stereocenters. The van der Waals surface area contributed by atoms with Gasteiger partial charge in [-0.15, -0.1) is 0 Å². The third-order valence-electron chi connectivity index (χ3n) is 2.89. The molecular weight excluding hydrogens is 315 g/mol. The van der Waals surface area contributed by atoms with Crippen molar-refractivity contribution < 1.29 is 36.6 Å². The van der Waals surface area contributed by atoms with Crippen LogP contribution in [0.2, 0.25) is 6.04 Å². The highest BCUT2D eigenvalue weighted by Gasteiger charge is 2.24. The van der Waals surface area contributed by atoms with E-state index in [0.29, 0.717) is 18.9 Å². The van der Waals surface area contributed by atoms with Crippen LogP contribution in [0.3, 0.4) is 0 Å². The average Bonchev–Trinajstić information content (AvgIpc) is 2.45. The molecule has 21 heavy (non-hydrogen) atoms. The van der Waals surface area contributed by atoms with Crippen molar-refractivity contribution >= 4 is 9.76 Å². The quantitative estimate of drug-likeness (QED) is 0.191. The van der Waals surface area contributed by atoms with Gasteiger partial charge in [0.15, 0.2) is 33.0 Å². The largest absolute Gasteiger partial charge is 0.379 e. The number of benzene rings is 1. The van der Waals surface area contributed by atoms with Crippen LogP contribution in [0, 0.1) is 29.1 Å². The molecule has 1 aromatic carbocycles. The summed E-state index contributed by atoms with van der Waals surface area (Å²) in [6, 6.07) is 0.620. The van der Waals surface area contributed by atoms with Gasteiger partial charge >= 0.3 is 0 Å². The van der Waals surface area contributed by atoms with Gasteiger partial charge in [0.05, 0.1) is 0 Å². The van der Waals surface area contributed by atoms with Crippen molar-refractivity contribution in [2.45, 2.75) is 38.2 Å². The molecule has 0 aromatic heterocycles. The maximum absolute atomic E-state index is 13.3. The molecule has 0 radical (unpaired) electrons. The molecule has 3 nitrogen and oxygen atoms in total. The van der Waals surface area contributed by atoms with Crippen molar-refractivity contribution in [3.05, 3.63) is 34.6 Å². The monoisotopic (exact) mass is 330 g/mol. The van der Waals surface area contributed by atoms with Gasteiger partial charge in [0.25, 0.3) is 6.48 Å².